The predicted molar refractivity (Wildman–Crippen MR) is 149 cm³/mol. The molecule has 0 radical (unpaired) electrons. The molecule has 2 aliphatic heterocycles. The Morgan fingerprint density at radius 3 is 2.16 bits per heavy atom. The van der Waals surface area contributed by atoms with Gasteiger partial charge in [-0.25, -0.2) is 18.0 Å². The molecule has 0 saturated carbocycles. The summed E-state index contributed by atoms with van der Waals surface area (Å²) in [6.45, 7) is -0.250. The summed E-state index contributed by atoms with van der Waals surface area (Å²) in [5, 5.41) is 10.6. The van der Waals surface area contributed by atoms with Gasteiger partial charge in [0.25, 0.3) is 0 Å². The largest absolute Gasteiger partial charge is 0.441 e. The van der Waals surface area contributed by atoms with Crippen LogP contribution in [0.15, 0.2) is 72.1 Å². The summed E-state index contributed by atoms with van der Waals surface area (Å²) in [5.74, 6) is -2.68. The number of β-lactam (4-membered cyclic amide) rings is 1. The lowest BCUT2D eigenvalue weighted by Gasteiger charge is -2.49. The normalized spacial score (nSPS) is 23.7. The second kappa shape index (κ2) is 12.5. The van der Waals surface area contributed by atoms with Crippen LogP contribution in [0.4, 0.5) is 23.7 Å². The van der Waals surface area contributed by atoms with E-state index in [4.69, 9.17) is 9.29 Å². The average molecular weight is 622 g/mol. The maximum absolute atomic E-state index is 15.6. The number of hydrogen-bond donors (Lipinski definition) is 2. The summed E-state index contributed by atoms with van der Waals surface area (Å²) in [6, 6.07) is 9.81. The Balaban J connectivity index is 1.27. The van der Waals surface area contributed by atoms with Gasteiger partial charge in [0.05, 0.1) is 18.1 Å². The van der Waals surface area contributed by atoms with Crippen LogP contribution in [0, 0.1) is 17.6 Å². The number of benzene rings is 2. The van der Waals surface area contributed by atoms with Gasteiger partial charge in [-0.15, -0.1) is 0 Å². The summed E-state index contributed by atoms with van der Waals surface area (Å²) in [6.07, 6.45) is 0.436. The van der Waals surface area contributed by atoms with Gasteiger partial charge in [-0.1, -0.05) is 18.2 Å². The molecule has 2 aromatic rings. The highest BCUT2D eigenvalue weighted by Gasteiger charge is 2.50. The Morgan fingerprint density at radius 1 is 0.977 bits per heavy atom. The minimum Gasteiger partial charge on any atom is -0.441 e. The summed E-state index contributed by atoms with van der Waals surface area (Å²) >= 11 is 0. The van der Waals surface area contributed by atoms with Crippen molar-refractivity contribution in [3.05, 3.63) is 89.3 Å². The maximum atomic E-state index is 15.6. The van der Waals surface area contributed by atoms with Gasteiger partial charge >= 0.3 is 16.4 Å². The van der Waals surface area contributed by atoms with Crippen molar-refractivity contribution in [1.29, 1.82) is 0 Å². The highest BCUT2D eigenvalue weighted by atomic mass is 32.2. The van der Waals surface area contributed by atoms with Crippen molar-refractivity contribution < 1.29 is 45.6 Å². The van der Waals surface area contributed by atoms with Gasteiger partial charge in [0, 0.05) is 43.9 Å². The highest BCUT2D eigenvalue weighted by Crippen LogP contribution is 2.43. The molecule has 10 nitrogen and oxygen atoms in total. The quantitative estimate of drug-likeness (QED) is 0.338. The predicted octanol–water partition coefficient (Wildman–Crippen LogP) is 3.92. The van der Waals surface area contributed by atoms with E-state index in [0.29, 0.717) is 11.3 Å². The molecule has 230 valence electrons. The van der Waals surface area contributed by atoms with Crippen molar-refractivity contribution in [1.82, 2.24) is 9.21 Å². The van der Waals surface area contributed by atoms with E-state index in [1.54, 1.807) is 6.08 Å². The first-order valence-electron chi connectivity index (χ1n) is 13.7. The van der Waals surface area contributed by atoms with Crippen LogP contribution in [0.3, 0.4) is 0 Å². The second-order valence-electron chi connectivity index (χ2n) is 10.6. The van der Waals surface area contributed by atoms with Gasteiger partial charge in [-0.05, 0) is 60.9 Å². The van der Waals surface area contributed by atoms with Gasteiger partial charge in [-0.2, -0.15) is 12.7 Å². The fourth-order valence-electron chi connectivity index (χ4n) is 5.58. The second-order valence-corrected chi connectivity index (χ2v) is 12.0. The average Bonchev–Trinajstić information content (AvgIpc) is 2.97. The number of aliphatic hydroxyl groups excluding tert-OH is 1. The van der Waals surface area contributed by atoms with Crippen LogP contribution >= 0.6 is 0 Å². The first-order chi connectivity index (χ1) is 20.4. The molecule has 4 atom stereocenters. The molecule has 1 unspecified atom stereocenters. The molecule has 5 rings (SSSR count). The number of ether oxygens (including phenoxy) is 1. The van der Waals surface area contributed by atoms with Crippen LogP contribution in [-0.2, 0) is 19.8 Å². The number of halogens is 3. The van der Waals surface area contributed by atoms with E-state index in [0.717, 1.165) is 10.4 Å². The number of piperazine rings is 1. The minimum absolute atomic E-state index is 0.0130. The third-order valence-electron chi connectivity index (χ3n) is 7.90. The molecule has 43 heavy (non-hydrogen) atoms. The molecular formula is C29H30F3N3O7S. The standard InChI is InChI=1S/C29H30F3N3O7S/c30-19-3-1-18(2-4-19)26(36)12-11-24-27(35(28(24)37)21-7-5-20(31)6-8-21)23-10-9-22(17-25(23)32)42-29(38)33-13-15-34(16-14-33)43(39,40)41/h1-8,10,17,22,24,26-27,36H,9,11-16H2,(H,39,40,41)/t22?,24-,26+,27-/m1/s1. The lowest BCUT2D eigenvalue weighted by molar-refractivity contribution is -0.129. The van der Waals surface area contributed by atoms with Crippen LogP contribution < -0.4 is 4.90 Å². The van der Waals surface area contributed by atoms with Crippen LogP contribution in [0.2, 0.25) is 0 Å². The first-order valence-corrected chi connectivity index (χ1v) is 15.1. The van der Waals surface area contributed by atoms with Gasteiger partial charge in [0.15, 0.2) is 0 Å². The van der Waals surface area contributed by atoms with Crippen molar-refractivity contribution >= 4 is 28.0 Å². The number of hydrogen-bond acceptors (Lipinski definition) is 6. The number of nitrogens with zero attached hydrogens (tertiary/aromatic N) is 3. The molecule has 3 aliphatic rings. The Hall–Kier alpha value is -3.72. The molecule has 0 spiro atoms. The Labute approximate surface area is 246 Å². The topological polar surface area (TPSA) is 128 Å². The van der Waals surface area contributed by atoms with Crippen molar-refractivity contribution in [3.63, 3.8) is 0 Å². The minimum atomic E-state index is -4.37. The van der Waals surface area contributed by atoms with Crippen LogP contribution in [-0.4, -0.2) is 77.6 Å². The third kappa shape index (κ3) is 6.77. The van der Waals surface area contributed by atoms with Crippen molar-refractivity contribution in [2.45, 2.75) is 37.5 Å². The molecule has 2 heterocycles. The Bertz CT molecular complexity index is 1530. The number of carbonyl (C=O) groups excluding carboxylic acids is 2. The Kier molecular flexibility index (Phi) is 8.92. The molecule has 1 aliphatic carbocycles. The van der Waals surface area contributed by atoms with Gasteiger partial charge in [-0.3, -0.25) is 9.35 Å². The molecule has 0 aromatic heterocycles. The monoisotopic (exact) mass is 621 g/mol. The summed E-state index contributed by atoms with van der Waals surface area (Å²) < 4.78 is 80.4. The molecule has 2 amide bonds. The van der Waals surface area contributed by atoms with E-state index in [1.165, 1.54) is 58.3 Å². The summed E-state index contributed by atoms with van der Waals surface area (Å²) in [4.78, 5) is 28.5. The van der Waals surface area contributed by atoms with E-state index in [1.807, 2.05) is 0 Å². The van der Waals surface area contributed by atoms with Crippen LogP contribution in [0.5, 0.6) is 0 Å². The molecular weight excluding hydrogens is 591 g/mol. The summed E-state index contributed by atoms with van der Waals surface area (Å²) in [7, 11) is -4.37. The molecule has 2 saturated heterocycles. The van der Waals surface area contributed by atoms with Crippen LogP contribution in [0.25, 0.3) is 0 Å². The SMILES string of the molecule is O=C(OC1C=C(F)C([C@@H]2[C@@H](CC[C@H](O)c3ccc(F)cc3)C(=O)N2c2ccc(F)cc2)=CC1)N1CCN(S(=O)(=O)O)CC1. The van der Waals surface area contributed by atoms with Gasteiger partial charge in [0.1, 0.15) is 23.6 Å². The number of amides is 2. The lowest BCUT2D eigenvalue weighted by Crippen LogP contribution is -2.62. The van der Waals surface area contributed by atoms with Gasteiger partial charge < -0.3 is 19.6 Å². The smallest absolute Gasteiger partial charge is 0.410 e. The zero-order valence-corrected chi connectivity index (χ0v) is 23.7. The highest BCUT2D eigenvalue weighted by molar-refractivity contribution is 7.83. The fourth-order valence-corrected chi connectivity index (χ4v) is 6.21. The molecule has 2 aromatic carbocycles. The van der Waals surface area contributed by atoms with Gasteiger partial charge in [0.2, 0.25) is 5.91 Å². The van der Waals surface area contributed by atoms with E-state index >= 15 is 4.39 Å². The third-order valence-corrected chi connectivity index (χ3v) is 8.91. The van der Waals surface area contributed by atoms with Crippen LogP contribution in [0.1, 0.15) is 30.9 Å². The number of anilines is 1. The first kappa shape index (κ1) is 30.7. The van der Waals surface area contributed by atoms with Crippen molar-refractivity contribution in [3.8, 4) is 0 Å². The lowest BCUT2D eigenvalue weighted by atomic mass is 9.76. The van der Waals surface area contributed by atoms with E-state index < -0.39 is 58.0 Å². The fraction of sp³-hybridized carbons (Fsp3) is 0.379. The molecule has 0 bridgehead atoms. The Morgan fingerprint density at radius 2 is 1.58 bits per heavy atom. The number of carbonyl (C=O) groups is 2. The van der Waals surface area contributed by atoms with E-state index in [2.05, 4.69) is 0 Å². The molecule has 14 heteroatoms. The molecule has 2 N–H and O–H groups in total. The number of rotatable bonds is 8. The van der Waals surface area contributed by atoms with Crippen molar-refractivity contribution in [2.24, 2.45) is 5.92 Å². The van der Waals surface area contributed by atoms with E-state index in [-0.39, 0.29) is 56.9 Å². The zero-order valence-electron chi connectivity index (χ0n) is 22.9. The maximum Gasteiger partial charge on any atom is 0.410 e. The zero-order chi connectivity index (χ0) is 30.9. The summed E-state index contributed by atoms with van der Waals surface area (Å²) in [5.41, 5.74) is 1.05. The number of aliphatic hydroxyl groups is 1. The van der Waals surface area contributed by atoms with Crippen molar-refractivity contribution in [2.75, 3.05) is 31.1 Å². The molecule has 2 fully saturated rings. The van der Waals surface area contributed by atoms with E-state index in [9.17, 15) is 31.9 Å².